The highest BCUT2D eigenvalue weighted by molar-refractivity contribution is 14.1. The predicted molar refractivity (Wildman–Crippen MR) is 93.8 cm³/mol. The Morgan fingerprint density at radius 2 is 2.00 bits per heavy atom. The Balaban J connectivity index is 2.19. The molecule has 0 atom stereocenters. The number of hydrogen-bond donors (Lipinski definition) is 2. The van der Waals surface area contributed by atoms with Crippen LogP contribution in [0.4, 0.5) is 0 Å². The molecular weight excluding hydrogens is 383 g/mol. The predicted octanol–water partition coefficient (Wildman–Crippen LogP) is 3.26. The Morgan fingerprint density at radius 1 is 1.40 bits per heavy atom. The molecule has 0 heterocycles. The maximum atomic E-state index is 12.5. The van der Waals surface area contributed by atoms with Crippen molar-refractivity contribution in [2.75, 3.05) is 0 Å². The van der Waals surface area contributed by atoms with Gasteiger partial charge < -0.3 is 11.1 Å². The van der Waals surface area contributed by atoms with Gasteiger partial charge >= 0.3 is 0 Å². The van der Waals surface area contributed by atoms with E-state index >= 15 is 0 Å². The van der Waals surface area contributed by atoms with Crippen LogP contribution < -0.4 is 11.1 Å². The molecule has 1 aliphatic carbocycles. The van der Waals surface area contributed by atoms with E-state index in [4.69, 9.17) is 18.0 Å². The lowest BCUT2D eigenvalue weighted by molar-refractivity contribution is 0.0900. The molecule has 2 rings (SSSR count). The van der Waals surface area contributed by atoms with Crippen LogP contribution in [0.2, 0.25) is 0 Å². The lowest BCUT2D eigenvalue weighted by atomic mass is 9.77. The topological polar surface area (TPSA) is 55.1 Å². The second kappa shape index (κ2) is 6.39. The van der Waals surface area contributed by atoms with E-state index in [1.165, 1.54) is 0 Å². The lowest BCUT2D eigenvalue weighted by Gasteiger charge is -2.39. The molecule has 0 aromatic heterocycles. The molecule has 1 aromatic carbocycles. The number of nitrogens with one attached hydrogen (secondary N) is 1. The molecule has 0 unspecified atom stereocenters. The summed E-state index contributed by atoms with van der Waals surface area (Å²) in [6.45, 7) is 2.23. The van der Waals surface area contributed by atoms with Gasteiger partial charge in [0.05, 0.1) is 16.1 Å². The Hall–Kier alpha value is -0.690. The van der Waals surface area contributed by atoms with Crippen molar-refractivity contribution >= 4 is 45.7 Å². The van der Waals surface area contributed by atoms with E-state index in [0.29, 0.717) is 16.5 Å². The van der Waals surface area contributed by atoms with Gasteiger partial charge in [-0.1, -0.05) is 31.3 Å². The first-order valence-corrected chi connectivity index (χ1v) is 8.30. The minimum atomic E-state index is -0.516. The normalized spacial score (nSPS) is 26.0. The summed E-state index contributed by atoms with van der Waals surface area (Å²) in [4.78, 5) is 12.9. The molecule has 1 amide bonds. The van der Waals surface area contributed by atoms with Gasteiger partial charge in [-0.25, -0.2) is 0 Å². The number of amides is 1. The van der Waals surface area contributed by atoms with E-state index in [2.05, 4.69) is 34.8 Å². The molecule has 0 radical (unpaired) electrons. The molecular formula is C15H19IN2OS. The average molecular weight is 402 g/mol. The summed E-state index contributed by atoms with van der Waals surface area (Å²) in [6, 6.07) is 7.54. The zero-order chi connectivity index (χ0) is 14.8. The molecule has 20 heavy (non-hydrogen) atoms. The Kier molecular flexibility index (Phi) is 5.01. The van der Waals surface area contributed by atoms with Crippen molar-refractivity contribution in [1.82, 2.24) is 5.32 Å². The quantitative estimate of drug-likeness (QED) is 0.603. The molecule has 0 spiro atoms. The third-order valence-corrected chi connectivity index (χ3v) is 5.40. The maximum absolute atomic E-state index is 12.5. The fourth-order valence-electron chi connectivity index (χ4n) is 2.62. The number of benzene rings is 1. The van der Waals surface area contributed by atoms with Gasteiger partial charge in [0.2, 0.25) is 0 Å². The molecule has 3 nitrogen and oxygen atoms in total. The molecule has 0 bridgehead atoms. The largest absolute Gasteiger partial charge is 0.391 e. The maximum Gasteiger partial charge on any atom is 0.253 e. The van der Waals surface area contributed by atoms with Crippen LogP contribution in [0.25, 0.3) is 0 Å². The molecule has 1 saturated carbocycles. The zero-order valence-corrected chi connectivity index (χ0v) is 14.5. The highest BCUT2D eigenvalue weighted by Gasteiger charge is 2.38. The summed E-state index contributed by atoms with van der Waals surface area (Å²) < 4.78 is 0.935. The van der Waals surface area contributed by atoms with Crippen molar-refractivity contribution in [3.8, 4) is 0 Å². The van der Waals surface area contributed by atoms with Crippen molar-refractivity contribution < 1.29 is 4.79 Å². The van der Waals surface area contributed by atoms with Crippen LogP contribution in [-0.4, -0.2) is 16.4 Å². The number of hydrogen-bond acceptors (Lipinski definition) is 2. The molecule has 108 valence electrons. The number of carbonyl (C=O) groups excluding carboxylic acids is 1. The third-order valence-electron chi connectivity index (χ3n) is 4.07. The summed E-state index contributed by atoms with van der Waals surface area (Å²) >= 11 is 7.40. The van der Waals surface area contributed by atoms with Crippen molar-refractivity contribution in [3.63, 3.8) is 0 Å². The average Bonchev–Trinajstić information content (AvgIpc) is 2.41. The fourth-order valence-corrected chi connectivity index (χ4v) is 3.51. The van der Waals surface area contributed by atoms with Crippen LogP contribution in [-0.2, 0) is 0 Å². The van der Waals surface area contributed by atoms with Crippen LogP contribution in [0.15, 0.2) is 24.3 Å². The first kappa shape index (κ1) is 15.7. The van der Waals surface area contributed by atoms with E-state index < -0.39 is 5.54 Å². The lowest BCUT2D eigenvalue weighted by Crippen LogP contribution is -2.58. The van der Waals surface area contributed by atoms with Gasteiger partial charge in [0.15, 0.2) is 0 Å². The standard InChI is InChI=1S/C15H19IN2OS/c1-10-6-8-15(9-7-10,14(17)20)18-13(19)11-4-2-3-5-12(11)16/h2-5,10H,6-9H2,1H3,(H2,17,20)(H,18,19). The molecule has 1 aromatic rings. The van der Waals surface area contributed by atoms with Gasteiger partial charge in [-0.15, -0.1) is 0 Å². The summed E-state index contributed by atoms with van der Waals surface area (Å²) in [7, 11) is 0. The molecule has 1 aliphatic rings. The van der Waals surface area contributed by atoms with Crippen molar-refractivity contribution in [3.05, 3.63) is 33.4 Å². The van der Waals surface area contributed by atoms with Gasteiger partial charge in [0, 0.05) is 3.57 Å². The smallest absolute Gasteiger partial charge is 0.253 e. The van der Waals surface area contributed by atoms with Crippen LogP contribution in [0.3, 0.4) is 0 Å². The van der Waals surface area contributed by atoms with Gasteiger partial charge in [-0.05, 0) is 66.3 Å². The van der Waals surface area contributed by atoms with Crippen molar-refractivity contribution in [2.24, 2.45) is 11.7 Å². The van der Waals surface area contributed by atoms with E-state index in [-0.39, 0.29) is 5.91 Å². The third kappa shape index (κ3) is 3.31. The Labute approximate surface area is 138 Å². The van der Waals surface area contributed by atoms with E-state index in [0.717, 1.165) is 29.3 Å². The number of thiocarbonyl (C=S) groups is 1. The molecule has 1 fully saturated rings. The van der Waals surface area contributed by atoms with Gasteiger partial charge in [-0.2, -0.15) is 0 Å². The van der Waals surface area contributed by atoms with Crippen molar-refractivity contribution in [1.29, 1.82) is 0 Å². The summed E-state index contributed by atoms with van der Waals surface area (Å²) in [5, 5.41) is 3.10. The minimum absolute atomic E-state index is 0.0858. The Bertz CT molecular complexity index is 524. The van der Waals surface area contributed by atoms with Crippen LogP contribution >= 0.6 is 34.8 Å². The van der Waals surface area contributed by atoms with E-state index in [1.54, 1.807) is 0 Å². The first-order chi connectivity index (χ1) is 9.44. The van der Waals surface area contributed by atoms with Crippen molar-refractivity contribution in [2.45, 2.75) is 38.1 Å². The van der Waals surface area contributed by atoms with Crippen LogP contribution in [0.5, 0.6) is 0 Å². The zero-order valence-electron chi connectivity index (χ0n) is 11.5. The molecule has 3 N–H and O–H groups in total. The van der Waals surface area contributed by atoms with Gasteiger partial charge in [-0.3, -0.25) is 4.79 Å². The van der Waals surface area contributed by atoms with E-state index in [1.807, 2.05) is 24.3 Å². The summed E-state index contributed by atoms with van der Waals surface area (Å²) in [6.07, 6.45) is 3.75. The Morgan fingerprint density at radius 3 is 2.55 bits per heavy atom. The second-order valence-corrected chi connectivity index (χ2v) is 7.16. The summed E-state index contributed by atoms with van der Waals surface area (Å²) in [5.74, 6) is 0.587. The van der Waals surface area contributed by atoms with Gasteiger partial charge in [0.1, 0.15) is 0 Å². The first-order valence-electron chi connectivity index (χ1n) is 6.81. The second-order valence-electron chi connectivity index (χ2n) is 5.56. The fraction of sp³-hybridized carbons (Fsp3) is 0.467. The van der Waals surface area contributed by atoms with Crippen LogP contribution in [0.1, 0.15) is 43.0 Å². The minimum Gasteiger partial charge on any atom is -0.391 e. The SMILES string of the molecule is CC1CCC(NC(=O)c2ccccc2I)(C(N)=S)CC1. The molecule has 5 heteroatoms. The van der Waals surface area contributed by atoms with Gasteiger partial charge in [0.25, 0.3) is 5.91 Å². The van der Waals surface area contributed by atoms with Crippen LogP contribution in [0, 0.1) is 9.49 Å². The number of nitrogens with two attached hydrogens (primary N) is 1. The number of carbonyl (C=O) groups is 1. The number of halogens is 1. The highest BCUT2D eigenvalue weighted by Crippen LogP contribution is 2.32. The highest BCUT2D eigenvalue weighted by atomic mass is 127. The summed E-state index contributed by atoms with van der Waals surface area (Å²) in [5.41, 5.74) is 6.09. The van der Waals surface area contributed by atoms with E-state index in [9.17, 15) is 4.79 Å². The molecule has 0 aliphatic heterocycles. The molecule has 0 saturated heterocycles. The monoisotopic (exact) mass is 402 g/mol. The number of rotatable bonds is 3.